The van der Waals surface area contributed by atoms with E-state index in [9.17, 15) is 0 Å². The number of benzene rings is 1. The van der Waals surface area contributed by atoms with Crippen LogP contribution in [0.15, 0.2) is 48.7 Å². The molecule has 4 rings (SSSR count). The van der Waals surface area contributed by atoms with Gasteiger partial charge in [-0.2, -0.15) is 0 Å². The van der Waals surface area contributed by atoms with Crippen LogP contribution in [0.2, 0.25) is 0 Å². The summed E-state index contributed by atoms with van der Waals surface area (Å²) in [5.74, 6) is 0. The average Bonchev–Trinajstić information content (AvgIpc) is 2.87. The number of para-hydroxylation sites is 1. The van der Waals surface area contributed by atoms with Gasteiger partial charge in [0.05, 0.1) is 11.2 Å². The zero-order valence-electron chi connectivity index (χ0n) is 12.7. The summed E-state index contributed by atoms with van der Waals surface area (Å²) in [5.41, 5.74) is 5.18. The average molecular weight is 289 g/mol. The van der Waals surface area contributed by atoms with Crippen molar-refractivity contribution in [1.29, 1.82) is 0 Å². The van der Waals surface area contributed by atoms with E-state index >= 15 is 0 Å². The number of rotatable bonds is 2. The highest BCUT2D eigenvalue weighted by atomic mass is 15.1. The fourth-order valence-corrected chi connectivity index (χ4v) is 3.27. The Balaban J connectivity index is 1.85. The van der Waals surface area contributed by atoms with Crippen molar-refractivity contribution in [3.63, 3.8) is 0 Å². The molecule has 0 N–H and O–H groups in total. The highest BCUT2D eigenvalue weighted by Crippen LogP contribution is 2.30. The Bertz CT molecular complexity index is 831. The van der Waals surface area contributed by atoms with Gasteiger partial charge in [-0.25, -0.2) is 0 Å². The Labute approximate surface area is 130 Å². The maximum absolute atomic E-state index is 4.37. The molecule has 1 aliphatic heterocycles. The second-order valence-corrected chi connectivity index (χ2v) is 5.87. The van der Waals surface area contributed by atoms with Gasteiger partial charge in [0, 0.05) is 43.0 Å². The van der Waals surface area contributed by atoms with E-state index in [1.807, 2.05) is 24.4 Å². The summed E-state index contributed by atoms with van der Waals surface area (Å²) in [6, 6.07) is 14.7. The molecule has 0 fully saturated rings. The fourth-order valence-electron chi connectivity index (χ4n) is 3.27. The lowest BCUT2D eigenvalue weighted by atomic mass is 10.1. The number of likely N-dealkylation sites (N-methyl/N-ethyl adjacent to an activating group) is 1. The minimum atomic E-state index is 0.988. The van der Waals surface area contributed by atoms with Crippen molar-refractivity contribution < 1.29 is 0 Å². The molecule has 1 aromatic carbocycles. The highest BCUT2D eigenvalue weighted by molar-refractivity contribution is 5.88. The van der Waals surface area contributed by atoms with E-state index in [1.165, 1.54) is 22.2 Å². The lowest BCUT2D eigenvalue weighted by Crippen LogP contribution is -2.26. The Morgan fingerprint density at radius 1 is 1.09 bits per heavy atom. The van der Waals surface area contributed by atoms with E-state index in [4.69, 9.17) is 0 Å². The Kier molecular flexibility index (Phi) is 3.28. The molecule has 0 unspecified atom stereocenters. The van der Waals surface area contributed by atoms with E-state index < -0.39 is 0 Å². The van der Waals surface area contributed by atoms with E-state index in [0.29, 0.717) is 0 Å². The van der Waals surface area contributed by atoms with Crippen LogP contribution < -0.4 is 0 Å². The van der Waals surface area contributed by atoms with Gasteiger partial charge in [0.2, 0.25) is 0 Å². The normalized spacial score (nSPS) is 15.5. The molecule has 0 radical (unpaired) electrons. The summed E-state index contributed by atoms with van der Waals surface area (Å²) in [7, 11) is 2.19. The minimum Gasteiger partial charge on any atom is -0.320 e. The Morgan fingerprint density at radius 2 is 1.95 bits per heavy atom. The van der Waals surface area contributed by atoms with Gasteiger partial charge in [-0.3, -0.25) is 4.98 Å². The first-order valence-corrected chi connectivity index (χ1v) is 7.71. The maximum Gasteiger partial charge on any atom is 0.0644 e. The number of pyridine rings is 1. The van der Waals surface area contributed by atoms with Crippen molar-refractivity contribution in [1.82, 2.24) is 14.5 Å². The lowest BCUT2D eigenvalue weighted by molar-refractivity contribution is 0.312. The van der Waals surface area contributed by atoms with E-state index in [2.05, 4.69) is 58.0 Å². The van der Waals surface area contributed by atoms with Gasteiger partial charge in [0.1, 0.15) is 0 Å². The molecule has 0 saturated carbocycles. The third-order valence-corrected chi connectivity index (χ3v) is 4.37. The number of aromatic nitrogens is 2. The zero-order valence-corrected chi connectivity index (χ0v) is 12.7. The van der Waals surface area contributed by atoms with Crippen molar-refractivity contribution in [2.75, 3.05) is 13.6 Å². The van der Waals surface area contributed by atoms with Crippen LogP contribution in [0.5, 0.6) is 0 Å². The highest BCUT2D eigenvalue weighted by Gasteiger charge is 2.20. The third-order valence-electron chi connectivity index (χ3n) is 4.37. The zero-order chi connectivity index (χ0) is 14.9. The summed E-state index contributed by atoms with van der Waals surface area (Å²) >= 11 is 0. The van der Waals surface area contributed by atoms with E-state index in [0.717, 1.165) is 25.2 Å². The van der Waals surface area contributed by atoms with E-state index in [-0.39, 0.29) is 0 Å². The molecule has 3 aromatic rings. The molecule has 0 bridgehead atoms. The second kappa shape index (κ2) is 5.43. The number of fused-ring (bicyclic) bond motifs is 3. The first kappa shape index (κ1) is 13.3. The standard InChI is InChI=1S/C19H19N3/c1-21-12-10-19-17(14-21)16-7-2-3-8-18(16)22(19)13-9-15-6-4-5-11-20-15/h2-9,11,13H,10,12,14H2,1H3. The SMILES string of the molecule is CN1CCc2c(c3ccccc3n2C=Cc2ccccn2)C1. The Hall–Kier alpha value is -2.39. The van der Waals surface area contributed by atoms with Crippen molar-refractivity contribution in [2.45, 2.75) is 13.0 Å². The Morgan fingerprint density at radius 3 is 2.82 bits per heavy atom. The quantitative estimate of drug-likeness (QED) is 0.718. The van der Waals surface area contributed by atoms with Gasteiger partial charge >= 0.3 is 0 Å². The minimum absolute atomic E-state index is 0.988. The van der Waals surface area contributed by atoms with Crippen LogP contribution in [0.1, 0.15) is 17.0 Å². The number of hydrogen-bond acceptors (Lipinski definition) is 2. The van der Waals surface area contributed by atoms with Crippen molar-refractivity contribution >= 4 is 23.2 Å². The summed E-state index contributed by atoms with van der Waals surface area (Å²) in [5, 5.41) is 1.37. The first-order chi connectivity index (χ1) is 10.8. The van der Waals surface area contributed by atoms with Gasteiger partial charge in [0.15, 0.2) is 0 Å². The van der Waals surface area contributed by atoms with Gasteiger partial charge in [-0.1, -0.05) is 24.3 Å². The van der Waals surface area contributed by atoms with Crippen LogP contribution in [0.4, 0.5) is 0 Å². The molecule has 3 heteroatoms. The molecule has 22 heavy (non-hydrogen) atoms. The molecule has 3 nitrogen and oxygen atoms in total. The summed E-state index contributed by atoms with van der Waals surface area (Å²) < 4.78 is 2.34. The summed E-state index contributed by atoms with van der Waals surface area (Å²) in [6.07, 6.45) is 7.17. The summed E-state index contributed by atoms with van der Waals surface area (Å²) in [6.45, 7) is 2.14. The molecular weight excluding hydrogens is 270 g/mol. The van der Waals surface area contributed by atoms with Crippen molar-refractivity contribution in [3.8, 4) is 0 Å². The topological polar surface area (TPSA) is 21.1 Å². The predicted octanol–water partition coefficient (Wildman–Crippen LogP) is 3.65. The van der Waals surface area contributed by atoms with Crippen LogP contribution >= 0.6 is 0 Å². The van der Waals surface area contributed by atoms with E-state index in [1.54, 1.807) is 0 Å². The van der Waals surface area contributed by atoms with Gasteiger partial charge in [0.25, 0.3) is 0 Å². The fraction of sp³-hybridized carbons (Fsp3) is 0.211. The molecule has 0 atom stereocenters. The molecular formula is C19H19N3. The largest absolute Gasteiger partial charge is 0.320 e. The second-order valence-electron chi connectivity index (χ2n) is 5.87. The molecule has 0 spiro atoms. The maximum atomic E-state index is 4.37. The number of nitrogens with zero attached hydrogens (tertiary/aromatic N) is 3. The molecule has 3 heterocycles. The first-order valence-electron chi connectivity index (χ1n) is 7.71. The molecule has 0 saturated heterocycles. The van der Waals surface area contributed by atoms with Crippen LogP contribution in [-0.4, -0.2) is 28.0 Å². The van der Waals surface area contributed by atoms with Crippen LogP contribution in [0.25, 0.3) is 23.2 Å². The van der Waals surface area contributed by atoms with Crippen molar-refractivity contribution in [2.24, 2.45) is 0 Å². The molecule has 1 aliphatic rings. The molecule has 2 aromatic heterocycles. The summed E-state index contributed by atoms with van der Waals surface area (Å²) in [4.78, 5) is 6.76. The van der Waals surface area contributed by atoms with Crippen LogP contribution in [0.3, 0.4) is 0 Å². The lowest BCUT2D eigenvalue weighted by Gasteiger charge is -2.23. The van der Waals surface area contributed by atoms with Crippen LogP contribution in [0, 0.1) is 0 Å². The monoisotopic (exact) mass is 289 g/mol. The predicted molar refractivity (Wildman–Crippen MR) is 91.4 cm³/mol. The molecule has 0 amide bonds. The van der Waals surface area contributed by atoms with Gasteiger partial charge in [-0.05, 0) is 36.9 Å². The molecule has 110 valence electrons. The smallest absolute Gasteiger partial charge is 0.0644 e. The van der Waals surface area contributed by atoms with Gasteiger partial charge < -0.3 is 9.47 Å². The van der Waals surface area contributed by atoms with Crippen LogP contribution in [-0.2, 0) is 13.0 Å². The molecule has 0 aliphatic carbocycles. The van der Waals surface area contributed by atoms with Gasteiger partial charge in [-0.15, -0.1) is 0 Å². The van der Waals surface area contributed by atoms with Crippen molar-refractivity contribution in [3.05, 3.63) is 65.6 Å². The third kappa shape index (κ3) is 2.24. The number of hydrogen-bond donors (Lipinski definition) is 0.